The van der Waals surface area contributed by atoms with Gasteiger partial charge in [-0.3, -0.25) is 0 Å². The van der Waals surface area contributed by atoms with Gasteiger partial charge in [0.1, 0.15) is 16.7 Å². The first-order valence-electron chi connectivity index (χ1n) is 5.35. The fraction of sp³-hybridized carbons (Fsp3) is 0.417. The maximum absolute atomic E-state index is 12.1. The molecule has 0 fully saturated rings. The Balaban J connectivity index is 3.16. The summed E-state index contributed by atoms with van der Waals surface area (Å²) >= 11 is 0. The first kappa shape index (κ1) is 14.7. The Kier molecular flexibility index (Phi) is 4.48. The number of methoxy groups -OCH3 is 1. The Morgan fingerprint density at radius 3 is 2.44 bits per heavy atom. The van der Waals surface area contributed by atoms with Crippen molar-refractivity contribution in [3.8, 4) is 5.75 Å². The molecule has 0 saturated heterocycles. The van der Waals surface area contributed by atoms with Gasteiger partial charge < -0.3 is 9.84 Å². The number of aromatic carboxylic acids is 1. The van der Waals surface area contributed by atoms with Gasteiger partial charge in [-0.05, 0) is 39.0 Å². The molecule has 5 nitrogen and oxygen atoms in total. The Bertz CT molecular complexity index is 479. The van der Waals surface area contributed by atoms with E-state index >= 15 is 0 Å². The molecular weight excluding hydrogens is 254 g/mol. The van der Waals surface area contributed by atoms with E-state index in [1.807, 2.05) is 20.8 Å². The van der Waals surface area contributed by atoms with Gasteiger partial charge in [0.2, 0.25) is 0 Å². The summed E-state index contributed by atoms with van der Waals surface area (Å²) in [7, 11) is -0.0775. The molecule has 0 aliphatic heterocycles. The first-order valence-corrected chi connectivity index (χ1v) is 6.50. The molecule has 100 valence electrons. The molecule has 1 rings (SSSR count). The van der Waals surface area contributed by atoms with E-state index in [4.69, 9.17) is 9.84 Å². The number of hydrogen-bond acceptors (Lipinski definition) is 3. The number of benzene rings is 1. The summed E-state index contributed by atoms with van der Waals surface area (Å²) in [5.41, 5.74) is -0.274. The molecule has 0 bridgehead atoms. The van der Waals surface area contributed by atoms with Crippen LogP contribution in [0.5, 0.6) is 5.75 Å². The van der Waals surface area contributed by atoms with E-state index < -0.39 is 17.0 Å². The zero-order valence-corrected chi connectivity index (χ0v) is 11.6. The summed E-state index contributed by atoms with van der Waals surface area (Å²) in [5.74, 6) is -0.665. The van der Waals surface area contributed by atoms with Crippen molar-refractivity contribution in [1.82, 2.24) is 4.72 Å². The second-order valence-electron chi connectivity index (χ2n) is 4.79. The van der Waals surface area contributed by atoms with Crippen LogP contribution in [0.25, 0.3) is 0 Å². The van der Waals surface area contributed by atoms with Crippen LogP contribution in [0.1, 0.15) is 31.1 Å². The van der Waals surface area contributed by atoms with Crippen molar-refractivity contribution in [2.24, 2.45) is 0 Å². The SMILES string of the molecule is COc1ccc(C(=O)O)cc1S(=O)NC(C)(C)C. The number of carbonyl (C=O) groups is 1. The highest BCUT2D eigenvalue weighted by atomic mass is 32.2. The van der Waals surface area contributed by atoms with E-state index in [9.17, 15) is 9.00 Å². The molecule has 0 amide bonds. The lowest BCUT2D eigenvalue weighted by Gasteiger charge is -2.20. The highest BCUT2D eigenvalue weighted by molar-refractivity contribution is 7.83. The topological polar surface area (TPSA) is 75.6 Å². The molecule has 0 radical (unpaired) electrons. The summed E-state index contributed by atoms with van der Waals surface area (Å²) in [4.78, 5) is 11.2. The third-order valence-electron chi connectivity index (χ3n) is 2.01. The van der Waals surface area contributed by atoms with Gasteiger partial charge in [0.05, 0.1) is 17.6 Å². The molecule has 6 heteroatoms. The van der Waals surface area contributed by atoms with Gasteiger partial charge in [-0.25, -0.2) is 13.7 Å². The van der Waals surface area contributed by atoms with Gasteiger partial charge in [-0.15, -0.1) is 0 Å². The van der Waals surface area contributed by atoms with E-state index in [0.717, 1.165) is 0 Å². The molecule has 1 unspecified atom stereocenters. The van der Waals surface area contributed by atoms with Crippen molar-refractivity contribution in [2.45, 2.75) is 31.2 Å². The minimum absolute atomic E-state index is 0.0786. The summed E-state index contributed by atoms with van der Waals surface area (Å²) in [6, 6.07) is 4.27. The van der Waals surface area contributed by atoms with Crippen LogP contribution in [0.15, 0.2) is 23.1 Å². The molecule has 2 N–H and O–H groups in total. The standard InChI is InChI=1S/C12H17NO4S/c1-12(2,3)13-18(16)10-7-8(11(14)15)5-6-9(10)17-4/h5-7,13H,1-4H3,(H,14,15). The maximum Gasteiger partial charge on any atom is 0.335 e. The molecule has 0 aliphatic carbocycles. The highest BCUT2D eigenvalue weighted by Gasteiger charge is 2.19. The van der Waals surface area contributed by atoms with Crippen LogP contribution in [0, 0.1) is 0 Å². The highest BCUT2D eigenvalue weighted by Crippen LogP contribution is 2.23. The third kappa shape index (κ3) is 3.82. The Hall–Kier alpha value is -1.40. The van der Waals surface area contributed by atoms with Gasteiger partial charge in [0.15, 0.2) is 0 Å². The molecule has 1 aromatic carbocycles. The molecule has 1 aromatic rings. The first-order chi connectivity index (χ1) is 8.24. The molecule has 0 spiro atoms. The third-order valence-corrected chi connectivity index (χ3v) is 3.53. The van der Waals surface area contributed by atoms with E-state index in [-0.39, 0.29) is 11.1 Å². The lowest BCUT2D eigenvalue weighted by atomic mass is 10.1. The number of hydrogen-bond donors (Lipinski definition) is 2. The molecule has 0 saturated carbocycles. The fourth-order valence-corrected chi connectivity index (χ4v) is 2.52. The lowest BCUT2D eigenvalue weighted by molar-refractivity contribution is 0.0696. The minimum atomic E-state index is -1.53. The maximum atomic E-state index is 12.1. The monoisotopic (exact) mass is 271 g/mol. The largest absolute Gasteiger partial charge is 0.495 e. The Morgan fingerprint density at radius 2 is 2.00 bits per heavy atom. The van der Waals surface area contributed by atoms with Crippen molar-refractivity contribution >= 4 is 17.0 Å². The summed E-state index contributed by atoms with van der Waals surface area (Å²) in [5, 5.41) is 8.93. The van der Waals surface area contributed by atoms with Crippen LogP contribution in [0.3, 0.4) is 0 Å². The molecule has 0 aromatic heterocycles. The summed E-state index contributed by atoms with van der Waals surface area (Å²) in [6.45, 7) is 5.62. The van der Waals surface area contributed by atoms with Gasteiger partial charge in [-0.2, -0.15) is 0 Å². The smallest absolute Gasteiger partial charge is 0.335 e. The lowest BCUT2D eigenvalue weighted by Crippen LogP contribution is -2.37. The normalized spacial score (nSPS) is 13.1. The van der Waals surface area contributed by atoms with Crippen LogP contribution < -0.4 is 9.46 Å². The van der Waals surface area contributed by atoms with Crippen LogP contribution in [0.2, 0.25) is 0 Å². The quantitative estimate of drug-likeness (QED) is 0.875. The van der Waals surface area contributed by atoms with E-state index in [1.165, 1.54) is 25.3 Å². The number of carboxylic acids is 1. The van der Waals surface area contributed by atoms with Crippen LogP contribution >= 0.6 is 0 Å². The average Bonchev–Trinajstić information content (AvgIpc) is 2.25. The number of carboxylic acid groups (broad SMARTS) is 1. The van der Waals surface area contributed by atoms with Crippen molar-refractivity contribution in [3.63, 3.8) is 0 Å². The van der Waals surface area contributed by atoms with Crippen LogP contribution in [-0.4, -0.2) is 27.9 Å². The van der Waals surface area contributed by atoms with Crippen molar-refractivity contribution in [2.75, 3.05) is 7.11 Å². The van der Waals surface area contributed by atoms with Crippen LogP contribution in [0.4, 0.5) is 0 Å². The number of nitrogens with one attached hydrogen (secondary N) is 1. The predicted octanol–water partition coefficient (Wildman–Crippen LogP) is 1.80. The number of ether oxygens (including phenoxy) is 1. The van der Waals surface area contributed by atoms with Gasteiger partial charge >= 0.3 is 5.97 Å². The molecule has 0 aliphatic rings. The molecule has 0 heterocycles. The van der Waals surface area contributed by atoms with Gasteiger partial charge in [0, 0.05) is 5.54 Å². The minimum Gasteiger partial charge on any atom is -0.495 e. The average molecular weight is 271 g/mol. The zero-order chi connectivity index (χ0) is 13.9. The summed E-state index contributed by atoms with van der Waals surface area (Å²) in [6.07, 6.45) is 0. The van der Waals surface area contributed by atoms with E-state index in [1.54, 1.807) is 0 Å². The molecule has 1 atom stereocenters. The Labute approximate surface area is 109 Å². The van der Waals surface area contributed by atoms with Gasteiger partial charge in [0.25, 0.3) is 0 Å². The zero-order valence-electron chi connectivity index (χ0n) is 10.8. The summed E-state index contributed by atoms with van der Waals surface area (Å²) < 4.78 is 20.1. The second-order valence-corrected chi connectivity index (χ2v) is 5.97. The van der Waals surface area contributed by atoms with Crippen molar-refractivity contribution in [3.05, 3.63) is 23.8 Å². The van der Waals surface area contributed by atoms with Crippen molar-refractivity contribution in [1.29, 1.82) is 0 Å². The van der Waals surface area contributed by atoms with E-state index in [0.29, 0.717) is 10.6 Å². The van der Waals surface area contributed by atoms with E-state index in [2.05, 4.69) is 4.72 Å². The van der Waals surface area contributed by atoms with Gasteiger partial charge in [-0.1, -0.05) is 0 Å². The predicted molar refractivity (Wildman–Crippen MR) is 69.3 cm³/mol. The second kappa shape index (κ2) is 5.49. The fourth-order valence-electron chi connectivity index (χ4n) is 1.29. The molecule has 18 heavy (non-hydrogen) atoms. The van der Waals surface area contributed by atoms with Crippen molar-refractivity contribution < 1.29 is 18.8 Å². The Morgan fingerprint density at radius 1 is 1.39 bits per heavy atom. The van der Waals surface area contributed by atoms with Crippen LogP contribution in [-0.2, 0) is 11.0 Å². The number of rotatable bonds is 4. The molecular formula is C12H17NO4S.